The van der Waals surface area contributed by atoms with Gasteiger partial charge in [-0.1, -0.05) is 0 Å². The van der Waals surface area contributed by atoms with Crippen molar-refractivity contribution in [3.8, 4) is 0 Å². The van der Waals surface area contributed by atoms with Crippen LogP contribution in [0.15, 0.2) is 34.1 Å². The lowest BCUT2D eigenvalue weighted by atomic mass is 9.93. The molecule has 124 valence electrons. The topological polar surface area (TPSA) is 97.5 Å². The molecule has 1 aliphatic rings. The predicted octanol–water partition coefficient (Wildman–Crippen LogP) is 0.838. The molecule has 6 nitrogen and oxygen atoms in total. The van der Waals surface area contributed by atoms with E-state index in [4.69, 9.17) is 5.73 Å². The quantitative estimate of drug-likeness (QED) is 0.871. The van der Waals surface area contributed by atoms with Crippen LogP contribution in [0.2, 0.25) is 0 Å². The van der Waals surface area contributed by atoms with Gasteiger partial charge in [0.15, 0.2) is 9.84 Å². The van der Waals surface area contributed by atoms with Crippen LogP contribution in [0.3, 0.4) is 0 Å². The molecule has 1 saturated heterocycles. The van der Waals surface area contributed by atoms with Gasteiger partial charge < -0.3 is 5.73 Å². The Balaban J connectivity index is 2.26. The highest BCUT2D eigenvalue weighted by Crippen LogP contribution is 2.25. The molecule has 8 heteroatoms. The summed E-state index contributed by atoms with van der Waals surface area (Å²) in [6.07, 6.45) is 2.80. The molecule has 0 radical (unpaired) electrons. The zero-order valence-electron chi connectivity index (χ0n) is 12.8. The summed E-state index contributed by atoms with van der Waals surface area (Å²) in [7, 11) is -6.94. The summed E-state index contributed by atoms with van der Waals surface area (Å²) in [6, 6.07) is 5.30. The van der Waals surface area contributed by atoms with E-state index in [1.807, 2.05) is 6.92 Å². The molecule has 0 saturated carbocycles. The van der Waals surface area contributed by atoms with Gasteiger partial charge in [0.2, 0.25) is 10.0 Å². The lowest BCUT2D eigenvalue weighted by Crippen LogP contribution is -2.44. The Morgan fingerprint density at radius 2 is 1.68 bits per heavy atom. The number of hydrogen-bond acceptors (Lipinski definition) is 5. The average Bonchev–Trinajstić information content (AvgIpc) is 2.46. The largest absolute Gasteiger partial charge is 0.328 e. The number of sulfonamides is 1. The van der Waals surface area contributed by atoms with E-state index in [0.717, 1.165) is 19.1 Å². The monoisotopic (exact) mass is 346 g/mol. The average molecular weight is 346 g/mol. The third kappa shape index (κ3) is 3.68. The summed E-state index contributed by atoms with van der Waals surface area (Å²) in [6.45, 7) is 2.77. The van der Waals surface area contributed by atoms with Gasteiger partial charge in [0.1, 0.15) is 0 Å². The van der Waals surface area contributed by atoms with Gasteiger partial charge in [0.05, 0.1) is 9.79 Å². The molecule has 1 aliphatic heterocycles. The van der Waals surface area contributed by atoms with E-state index in [1.54, 1.807) is 0 Å². The summed E-state index contributed by atoms with van der Waals surface area (Å²) < 4.78 is 49.6. The number of sulfone groups is 1. The van der Waals surface area contributed by atoms with Crippen LogP contribution in [-0.4, -0.2) is 46.5 Å². The molecule has 2 N–H and O–H groups in total. The van der Waals surface area contributed by atoms with Crippen molar-refractivity contribution < 1.29 is 16.8 Å². The summed E-state index contributed by atoms with van der Waals surface area (Å²) >= 11 is 0. The maximum absolute atomic E-state index is 12.7. The lowest BCUT2D eigenvalue weighted by Gasteiger charge is -2.33. The van der Waals surface area contributed by atoms with Gasteiger partial charge in [-0.15, -0.1) is 0 Å². The summed E-state index contributed by atoms with van der Waals surface area (Å²) in [5.74, 6) is 0.152. The molecule has 0 aliphatic carbocycles. The zero-order chi connectivity index (χ0) is 16.5. The van der Waals surface area contributed by atoms with E-state index in [9.17, 15) is 16.8 Å². The Hall–Kier alpha value is -0.960. The van der Waals surface area contributed by atoms with E-state index in [2.05, 4.69) is 0 Å². The summed E-state index contributed by atoms with van der Waals surface area (Å²) in [5, 5.41) is 0. The third-order valence-corrected chi connectivity index (χ3v) is 7.06. The van der Waals surface area contributed by atoms with Crippen LogP contribution in [-0.2, 0) is 19.9 Å². The van der Waals surface area contributed by atoms with Crippen molar-refractivity contribution in [1.82, 2.24) is 4.31 Å². The van der Waals surface area contributed by atoms with Gasteiger partial charge in [-0.25, -0.2) is 16.8 Å². The summed E-state index contributed by atoms with van der Waals surface area (Å²) in [5.41, 5.74) is 5.89. The van der Waals surface area contributed by atoms with E-state index in [0.29, 0.717) is 13.1 Å². The molecular weight excluding hydrogens is 324 g/mol. The molecule has 2 rings (SSSR count). The molecule has 1 aromatic carbocycles. The third-order valence-electron chi connectivity index (χ3n) is 4.05. The molecule has 0 amide bonds. The molecular formula is C14H22N2O4S2. The zero-order valence-corrected chi connectivity index (χ0v) is 14.4. The van der Waals surface area contributed by atoms with E-state index >= 15 is 0 Å². The van der Waals surface area contributed by atoms with E-state index in [-0.39, 0.29) is 21.8 Å². The highest BCUT2D eigenvalue weighted by atomic mass is 32.2. The van der Waals surface area contributed by atoms with Crippen LogP contribution in [0.1, 0.15) is 19.8 Å². The minimum atomic E-state index is -3.61. The maximum atomic E-state index is 12.7. The second-order valence-corrected chi connectivity index (χ2v) is 9.82. The lowest BCUT2D eigenvalue weighted by molar-refractivity contribution is 0.243. The van der Waals surface area contributed by atoms with Crippen LogP contribution < -0.4 is 5.73 Å². The molecule has 0 unspecified atom stereocenters. The summed E-state index contributed by atoms with van der Waals surface area (Å²) in [4.78, 5) is 0.226. The number of hydrogen-bond donors (Lipinski definition) is 1. The van der Waals surface area contributed by atoms with Crippen molar-refractivity contribution in [2.45, 2.75) is 35.6 Å². The second kappa shape index (κ2) is 6.27. The molecule has 0 bridgehead atoms. The van der Waals surface area contributed by atoms with Crippen LogP contribution >= 0.6 is 0 Å². The molecule has 1 heterocycles. The number of nitrogens with zero attached hydrogens (tertiary/aromatic N) is 1. The van der Waals surface area contributed by atoms with Crippen molar-refractivity contribution in [3.05, 3.63) is 24.3 Å². The Morgan fingerprint density at radius 3 is 2.18 bits per heavy atom. The standard InChI is InChI=1S/C14H22N2O4S2/c1-11(15)12-4-3-9-16(10-12)22(19,20)14-7-5-13(6-8-14)21(2,17)18/h5-8,11-12H,3-4,9-10,15H2,1-2H3/t11-,12-/m1/s1. The van der Waals surface area contributed by atoms with Crippen LogP contribution in [0, 0.1) is 5.92 Å². The van der Waals surface area contributed by atoms with Crippen molar-refractivity contribution in [2.24, 2.45) is 11.7 Å². The Kier molecular flexibility index (Phi) is 4.96. The van der Waals surface area contributed by atoms with Gasteiger partial charge in [-0.05, 0) is 49.9 Å². The minimum Gasteiger partial charge on any atom is -0.328 e. The maximum Gasteiger partial charge on any atom is 0.243 e. The van der Waals surface area contributed by atoms with Gasteiger partial charge >= 0.3 is 0 Å². The van der Waals surface area contributed by atoms with Crippen molar-refractivity contribution in [3.63, 3.8) is 0 Å². The van der Waals surface area contributed by atoms with Gasteiger partial charge in [0.25, 0.3) is 0 Å². The van der Waals surface area contributed by atoms with Crippen LogP contribution in [0.4, 0.5) is 0 Å². The molecule has 22 heavy (non-hydrogen) atoms. The fraction of sp³-hybridized carbons (Fsp3) is 0.571. The van der Waals surface area contributed by atoms with E-state index < -0.39 is 19.9 Å². The molecule has 1 aromatic rings. The Morgan fingerprint density at radius 1 is 1.14 bits per heavy atom. The fourth-order valence-electron chi connectivity index (χ4n) is 2.63. The first-order chi connectivity index (χ1) is 10.1. The molecule has 1 fully saturated rings. The minimum absolute atomic E-state index is 0.0504. The normalized spacial score (nSPS) is 22.4. The smallest absolute Gasteiger partial charge is 0.243 e. The van der Waals surface area contributed by atoms with Gasteiger partial charge in [0, 0.05) is 25.4 Å². The first kappa shape index (κ1) is 17.4. The van der Waals surface area contributed by atoms with Crippen molar-refractivity contribution >= 4 is 19.9 Å². The van der Waals surface area contributed by atoms with Gasteiger partial charge in [-0.2, -0.15) is 4.31 Å². The number of benzene rings is 1. The molecule has 2 atom stereocenters. The number of rotatable bonds is 4. The van der Waals surface area contributed by atoms with E-state index in [1.165, 1.54) is 28.6 Å². The first-order valence-corrected chi connectivity index (χ1v) is 10.5. The SMILES string of the molecule is C[C@@H](N)[C@@H]1CCCN(S(=O)(=O)c2ccc(S(C)(=O)=O)cc2)C1. The van der Waals surface area contributed by atoms with Crippen LogP contribution in [0.25, 0.3) is 0 Å². The highest BCUT2D eigenvalue weighted by Gasteiger charge is 2.31. The number of nitrogens with two attached hydrogens (primary N) is 1. The molecule has 0 spiro atoms. The van der Waals surface area contributed by atoms with Gasteiger partial charge in [-0.3, -0.25) is 0 Å². The fourth-order valence-corrected chi connectivity index (χ4v) is 4.80. The van der Waals surface area contributed by atoms with Crippen LogP contribution in [0.5, 0.6) is 0 Å². The second-order valence-electron chi connectivity index (χ2n) is 5.87. The Labute approximate surface area is 132 Å². The molecule has 0 aromatic heterocycles. The predicted molar refractivity (Wildman–Crippen MR) is 84.7 cm³/mol. The van der Waals surface area contributed by atoms with Crippen molar-refractivity contribution in [1.29, 1.82) is 0 Å². The van der Waals surface area contributed by atoms with Crippen molar-refractivity contribution in [2.75, 3.05) is 19.3 Å². The highest BCUT2D eigenvalue weighted by molar-refractivity contribution is 7.90. The Bertz CT molecular complexity index is 725. The first-order valence-electron chi connectivity index (χ1n) is 7.18. The number of piperidine rings is 1.